The number of amides is 2. The summed E-state index contributed by atoms with van der Waals surface area (Å²) in [5.74, 6) is 0.455. The van der Waals surface area contributed by atoms with Crippen LogP contribution in [0.15, 0.2) is 54.6 Å². The second-order valence-corrected chi connectivity index (χ2v) is 6.34. The van der Waals surface area contributed by atoms with Crippen molar-refractivity contribution in [1.29, 1.82) is 0 Å². The second-order valence-electron chi connectivity index (χ2n) is 6.34. The standard InChI is InChI=1S/C20H22N2O2/c1-15-11-13-22(14-12-15)20(24)17-9-5-6-10-18(17)21-19(23)16-7-3-2-4-8-16/h2-10,15H,11-14H2,1H3,(H,21,23). The van der Waals surface area contributed by atoms with Crippen molar-refractivity contribution in [2.24, 2.45) is 5.92 Å². The zero-order valence-electron chi connectivity index (χ0n) is 13.9. The summed E-state index contributed by atoms with van der Waals surface area (Å²) in [5, 5.41) is 2.87. The fourth-order valence-corrected chi connectivity index (χ4v) is 2.94. The van der Waals surface area contributed by atoms with E-state index in [0.29, 0.717) is 22.7 Å². The molecule has 1 aliphatic rings. The molecule has 0 atom stereocenters. The fraction of sp³-hybridized carbons (Fsp3) is 0.300. The number of hydrogen-bond donors (Lipinski definition) is 1. The predicted molar refractivity (Wildman–Crippen MR) is 95.1 cm³/mol. The summed E-state index contributed by atoms with van der Waals surface area (Å²) < 4.78 is 0. The van der Waals surface area contributed by atoms with Gasteiger partial charge in [0.25, 0.3) is 11.8 Å². The summed E-state index contributed by atoms with van der Waals surface area (Å²) in [6, 6.07) is 16.2. The molecule has 0 bridgehead atoms. The average Bonchev–Trinajstić information content (AvgIpc) is 2.63. The lowest BCUT2D eigenvalue weighted by Gasteiger charge is -2.30. The van der Waals surface area contributed by atoms with Crippen LogP contribution in [-0.4, -0.2) is 29.8 Å². The number of piperidine rings is 1. The number of para-hydroxylation sites is 1. The number of carbonyl (C=O) groups excluding carboxylic acids is 2. The normalized spacial score (nSPS) is 15.1. The van der Waals surface area contributed by atoms with Gasteiger partial charge in [-0.1, -0.05) is 37.3 Å². The monoisotopic (exact) mass is 322 g/mol. The van der Waals surface area contributed by atoms with Gasteiger partial charge in [0, 0.05) is 18.7 Å². The zero-order chi connectivity index (χ0) is 16.9. The smallest absolute Gasteiger partial charge is 0.255 e. The number of nitrogens with zero attached hydrogens (tertiary/aromatic N) is 1. The van der Waals surface area contributed by atoms with Crippen LogP contribution in [0, 0.1) is 5.92 Å². The lowest BCUT2D eigenvalue weighted by Crippen LogP contribution is -2.38. The average molecular weight is 322 g/mol. The highest BCUT2D eigenvalue weighted by atomic mass is 16.2. The maximum atomic E-state index is 12.8. The summed E-state index contributed by atoms with van der Waals surface area (Å²) in [5.41, 5.74) is 1.69. The zero-order valence-corrected chi connectivity index (χ0v) is 13.9. The minimum absolute atomic E-state index is 0.00846. The largest absolute Gasteiger partial charge is 0.339 e. The van der Waals surface area contributed by atoms with Gasteiger partial charge in [0.1, 0.15) is 0 Å². The summed E-state index contributed by atoms with van der Waals surface area (Å²) in [4.78, 5) is 27.1. The van der Waals surface area contributed by atoms with E-state index in [4.69, 9.17) is 0 Å². The molecule has 2 aromatic rings. The molecule has 4 nitrogen and oxygen atoms in total. The Labute approximate surface area is 142 Å². The minimum Gasteiger partial charge on any atom is -0.339 e. The molecule has 124 valence electrons. The molecule has 0 saturated carbocycles. The van der Waals surface area contributed by atoms with Gasteiger partial charge in [-0.25, -0.2) is 0 Å². The molecule has 0 spiro atoms. The molecule has 4 heteroatoms. The van der Waals surface area contributed by atoms with Crippen molar-refractivity contribution < 1.29 is 9.59 Å². The first kappa shape index (κ1) is 16.2. The lowest BCUT2D eigenvalue weighted by molar-refractivity contribution is 0.0698. The predicted octanol–water partition coefficient (Wildman–Crippen LogP) is 3.81. The van der Waals surface area contributed by atoms with E-state index >= 15 is 0 Å². The number of likely N-dealkylation sites (tertiary alicyclic amines) is 1. The molecule has 2 aromatic carbocycles. The van der Waals surface area contributed by atoms with Crippen molar-refractivity contribution >= 4 is 17.5 Å². The Morgan fingerprint density at radius 3 is 2.29 bits per heavy atom. The van der Waals surface area contributed by atoms with Crippen LogP contribution in [0.1, 0.15) is 40.5 Å². The molecule has 0 radical (unpaired) electrons. The molecule has 0 aromatic heterocycles. The van der Waals surface area contributed by atoms with E-state index in [-0.39, 0.29) is 11.8 Å². The van der Waals surface area contributed by atoms with Gasteiger partial charge >= 0.3 is 0 Å². The van der Waals surface area contributed by atoms with Crippen LogP contribution in [0.25, 0.3) is 0 Å². The summed E-state index contributed by atoms with van der Waals surface area (Å²) in [6.07, 6.45) is 2.06. The van der Waals surface area contributed by atoms with E-state index in [9.17, 15) is 9.59 Å². The van der Waals surface area contributed by atoms with E-state index in [1.165, 1.54) is 0 Å². The number of nitrogens with one attached hydrogen (secondary N) is 1. The number of benzene rings is 2. The minimum atomic E-state index is -0.205. The molecule has 2 amide bonds. The van der Waals surface area contributed by atoms with Crippen LogP contribution in [0.3, 0.4) is 0 Å². The molecule has 0 aliphatic carbocycles. The second kappa shape index (κ2) is 7.30. The van der Waals surface area contributed by atoms with Gasteiger partial charge in [-0.05, 0) is 43.0 Å². The van der Waals surface area contributed by atoms with Crippen molar-refractivity contribution in [2.75, 3.05) is 18.4 Å². The third-order valence-electron chi connectivity index (χ3n) is 4.51. The van der Waals surface area contributed by atoms with Gasteiger partial charge in [-0.3, -0.25) is 9.59 Å². The fourth-order valence-electron chi connectivity index (χ4n) is 2.94. The van der Waals surface area contributed by atoms with Crippen LogP contribution >= 0.6 is 0 Å². The van der Waals surface area contributed by atoms with E-state index in [2.05, 4.69) is 12.2 Å². The Kier molecular flexibility index (Phi) is 4.94. The first-order chi connectivity index (χ1) is 11.6. The Hall–Kier alpha value is -2.62. The highest BCUT2D eigenvalue weighted by Gasteiger charge is 2.23. The van der Waals surface area contributed by atoms with Gasteiger partial charge in [-0.15, -0.1) is 0 Å². The molecular formula is C20H22N2O2. The van der Waals surface area contributed by atoms with Crippen molar-refractivity contribution in [3.8, 4) is 0 Å². The highest BCUT2D eigenvalue weighted by molar-refractivity contribution is 6.09. The molecule has 1 heterocycles. The van der Waals surface area contributed by atoms with E-state index in [1.807, 2.05) is 35.2 Å². The van der Waals surface area contributed by atoms with Crippen molar-refractivity contribution in [3.63, 3.8) is 0 Å². The number of hydrogen-bond acceptors (Lipinski definition) is 2. The molecule has 0 unspecified atom stereocenters. The Morgan fingerprint density at radius 1 is 0.958 bits per heavy atom. The number of rotatable bonds is 3. The first-order valence-electron chi connectivity index (χ1n) is 8.40. The summed E-state index contributed by atoms with van der Waals surface area (Å²) >= 11 is 0. The van der Waals surface area contributed by atoms with Crippen LogP contribution in [0.2, 0.25) is 0 Å². The topological polar surface area (TPSA) is 49.4 Å². The van der Waals surface area contributed by atoms with Gasteiger partial charge < -0.3 is 10.2 Å². The quantitative estimate of drug-likeness (QED) is 0.934. The summed E-state index contributed by atoms with van der Waals surface area (Å²) in [6.45, 7) is 3.78. The molecule has 1 aliphatic heterocycles. The van der Waals surface area contributed by atoms with Crippen molar-refractivity contribution in [3.05, 3.63) is 65.7 Å². The first-order valence-corrected chi connectivity index (χ1v) is 8.40. The highest BCUT2D eigenvalue weighted by Crippen LogP contribution is 2.22. The maximum absolute atomic E-state index is 12.8. The Morgan fingerprint density at radius 2 is 1.58 bits per heavy atom. The third-order valence-corrected chi connectivity index (χ3v) is 4.51. The van der Waals surface area contributed by atoms with E-state index in [1.54, 1.807) is 24.3 Å². The van der Waals surface area contributed by atoms with Gasteiger partial charge in [-0.2, -0.15) is 0 Å². The summed E-state index contributed by atoms with van der Waals surface area (Å²) in [7, 11) is 0. The van der Waals surface area contributed by atoms with E-state index in [0.717, 1.165) is 25.9 Å². The molecule has 1 saturated heterocycles. The lowest BCUT2D eigenvalue weighted by atomic mass is 9.98. The van der Waals surface area contributed by atoms with Crippen LogP contribution in [-0.2, 0) is 0 Å². The van der Waals surface area contributed by atoms with Gasteiger partial charge in [0.2, 0.25) is 0 Å². The third kappa shape index (κ3) is 3.65. The Bertz CT molecular complexity index is 719. The molecular weight excluding hydrogens is 300 g/mol. The number of carbonyl (C=O) groups is 2. The van der Waals surface area contributed by atoms with Crippen molar-refractivity contribution in [1.82, 2.24) is 4.90 Å². The van der Waals surface area contributed by atoms with Gasteiger partial charge in [0.15, 0.2) is 0 Å². The van der Waals surface area contributed by atoms with Crippen LogP contribution in [0.5, 0.6) is 0 Å². The SMILES string of the molecule is CC1CCN(C(=O)c2ccccc2NC(=O)c2ccccc2)CC1. The molecule has 3 rings (SSSR count). The molecule has 24 heavy (non-hydrogen) atoms. The Balaban J connectivity index is 1.78. The van der Waals surface area contributed by atoms with E-state index < -0.39 is 0 Å². The molecule has 1 N–H and O–H groups in total. The molecule has 1 fully saturated rings. The van der Waals surface area contributed by atoms with Crippen LogP contribution in [0.4, 0.5) is 5.69 Å². The number of anilines is 1. The maximum Gasteiger partial charge on any atom is 0.255 e. The van der Waals surface area contributed by atoms with Gasteiger partial charge in [0.05, 0.1) is 11.3 Å². The van der Waals surface area contributed by atoms with Crippen molar-refractivity contribution in [2.45, 2.75) is 19.8 Å². The van der Waals surface area contributed by atoms with Crippen LogP contribution < -0.4 is 5.32 Å².